The molecule has 19 heavy (non-hydrogen) atoms. The van der Waals surface area contributed by atoms with Gasteiger partial charge in [0.05, 0.1) is 12.7 Å². The lowest BCUT2D eigenvalue weighted by Crippen LogP contribution is -2.19. The number of hydrogen-bond acceptors (Lipinski definition) is 3. The molecule has 1 aromatic carbocycles. The van der Waals surface area contributed by atoms with E-state index < -0.39 is 24.7 Å². The van der Waals surface area contributed by atoms with Gasteiger partial charge in [-0.3, -0.25) is 0 Å². The predicted molar refractivity (Wildman–Crippen MR) is 59.4 cm³/mol. The van der Waals surface area contributed by atoms with E-state index in [0.717, 1.165) is 6.07 Å². The van der Waals surface area contributed by atoms with E-state index in [1.54, 1.807) is 0 Å². The van der Waals surface area contributed by atoms with Crippen molar-refractivity contribution in [1.82, 2.24) is 0 Å². The molecular weight excluding hydrogens is 268 g/mol. The zero-order chi connectivity index (χ0) is 14.5. The Kier molecular flexibility index (Phi) is 5.56. The van der Waals surface area contributed by atoms with E-state index in [4.69, 9.17) is 4.74 Å². The van der Waals surface area contributed by atoms with Gasteiger partial charge in [0.2, 0.25) is 0 Å². The van der Waals surface area contributed by atoms with Crippen LogP contribution in [0.2, 0.25) is 0 Å². The quantitative estimate of drug-likeness (QED) is 0.644. The molecular formula is C12H14F4O3. The molecule has 0 saturated heterocycles. The van der Waals surface area contributed by atoms with Crippen molar-refractivity contribution in [3.05, 3.63) is 29.6 Å². The van der Waals surface area contributed by atoms with E-state index in [-0.39, 0.29) is 24.5 Å². The Morgan fingerprint density at radius 2 is 1.95 bits per heavy atom. The third kappa shape index (κ3) is 5.89. The second-order valence-corrected chi connectivity index (χ2v) is 3.88. The lowest BCUT2D eigenvalue weighted by molar-refractivity contribution is -0.175. The van der Waals surface area contributed by atoms with E-state index in [1.165, 1.54) is 19.1 Å². The monoisotopic (exact) mass is 282 g/mol. The molecule has 0 spiro atoms. The van der Waals surface area contributed by atoms with Crippen LogP contribution in [0.1, 0.15) is 18.6 Å². The summed E-state index contributed by atoms with van der Waals surface area (Å²) in [5, 5.41) is 9.21. The van der Waals surface area contributed by atoms with Crippen molar-refractivity contribution >= 4 is 0 Å². The first kappa shape index (κ1) is 15.7. The molecule has 0 amide bonds. The van der Waals surface area contributed by atoms with Crippen molar-refractivity contribution < 1.29 is 32.1 Å². The summed E-state index contributed by atoms with van der Waals surface area (Å²) in [6.45, 7) is -0.293. The molecule has 1 rings (SSSR count). The maximum absolute atomic E-state index is 13.4. The lowest BCUT2D eigenvalue weighted by Gasteiger charge is -2.11. The number of alkyl halides is 3. The van der Waals surface area contributed by atoms with Gasteiger partial charge in [0.15, 0.2) is 0 Å². The van der Waals surface area contributed by atoms with E-state index in [1.807, 2.05) is 0 Å². The second kappa shape index (κ2) is 6.72. The Morgan fingerprint density at radius 1 is 1.26 bits per heavy atom. The van der Waals surface area contributed by atoms with Crippen LogP contribution in [0, 0.1) is 5.82 Å². The molecule has 0 unspecified atom stereocenters. The number of ether oxygens (including phenoxy) is 2. The topological polar surface area (TPSA) is 38.7 Å². The summed E-state index contributed by atoms with van der Waals surface area (Å²) < 4.78 is 58.0. The summed E-state index contributed by atoms with van der Waals surface area (Å²) in [6.07, 6.45) is -5.31. The van der Waals surface area contributed by atoms with Gasteiger partial charge in [0, 0.05) is 11.6 Å². The minimum absolute atomic E-state index is 0.121. The van der Waals surface area contributed by atoms with Gasteiger partial charge in [0.1, 0.15) is 24.8 Å². The van der Waals surface area contributed by atoms with Crippen LogP contribution in [0.25, 0.3) is 0 Å². The molecule has 0 bridgehead atoms. The minimum atomic E-state index is -4.37. The van der Waals surface area contributed by atoms with Crippen molar-refractivity contribution in [2.75, 3.05) is 19.8 Å². The van der Waals surface area contributed by atoms with Gasteiger partial charge in [-0.05, 0) is 19.1 Å². The molecule has 0 radical (unpaired) electrons. The van der Waals surface area contributed by atoms with Crippen LogP contribution in [0.15, 0.2) is 18.2 Å². The molecule has 1 atom stereocenters. The van der Waals surface area contributed by atoms with Crippen molar-refractivity contribution in [2.45, 2.75) is 19.2 Å². The maximum atomic E-state index is 13.4. The number of benzene rings is 1. The Morgan fingerprint density at radius 3 is 2.47 bits per heavy atom. The van der Waals surface area contributed by atoms with Crippen LogP contribution in [0.5, 0.6) is 5.75 Å². The summed E-state index contributed by atoms with van der Waals surface area (Å²) in [4.78, 5) is 0. The number of rotatable bonds is 6. The summed E-state index contributed by atoms with van der Waals surface area (Å²) in [5.41, 5.74) is 0.126. The summed E-state index contributed by atoms with van der Waals surface area (Å²) >= 11 is 0. The molecule has 108 valence electrons. The predicted octanol–water partition coefficient (Wildman–Crippen LogP) is 2.84. The van der Waals surface area contributed by atoms with Gasteiger partial charge in [-0.25, -0.2) is 4.39 Å². The van der Waals surface area contributed by atoms with Crippen LogP contribution in [0.3, 0.4) is 0 Å². The van der Waals surface area contributed by atoms with E-state index in [9.17, 15) is 22.7 Å². The smallest absolute Gasteiger partial charge is 0.411 e. The SMILES string of the molecule is C[C@H](O)c1ccc(OCCOCC(F)(F)F)cc1F. The summed E-state index contributed by atoms with van der Waals surface area (Å²) in [7, 11) is 0. The van der Waals surface area contributed by atoms with Gasteiger partial charge < -0.3 is 14.6 Å². The number of aliphatic hydroxyl groups is 1. The molecule has 3 nitrogen and oxygen atoms in total. The number of hydrogen-bond donors (Lipinski definition) is 1. The molecule has 0 aromatic heterocycles. The average Bonchev–Trinajstić information content (AvgIpc) is 2.26. The zero-order valence-corrected chi connectivity index (χ0v) is 10.2. The highest BCUT2D eigenvalue weighted by Gasteiger charge is 2.27. The second-order valence-electron chi connectivity index (χ2n) is 3.88. The van der Waals surface area contributed by atoms with E-state index in [2.05, 4.69) is 4.74 Å². The molecule has 0 saturated carbocycles. The fourth-order valence-corrected chi connectivity index (χ4v) is 1.34. The number of aliphatic hydroxyl groups excluding tert-OH is 1. The van der Waals surface area contributed by atoms with E-state index in [0.29, 0.717) is 0 Å². The molecule has 1 aromatic rings. The van der Waals surface area contributed by atoms with Gasteiger partial charge in [-0.15, -0.1) is 0 Å². The van der Waals surface area contributed by atoms with Crippen LogP contribution in [-0.2, 0) is 4.74 Å². The molecule has 0 aliphatic rings. The summed E-state index contributed by atoms with van der Waals surface area (Å²) in [6, 6.07) is 3.84. The molecule has 0 aliphatic carbocycles. The highest BCUT2D eigenvalue weighted by atomic mass is 19.4. The van der Waals surface area contributed by atoms with Gasteiger partial charge in [-0.2, -0.15) is 13.2 Å². The molecule has 0 aliphatic heterocycles. The highest BCUT2D eigenvalue weighted by molar-refractivity contribution is 5.29. The lowest BCUT2D eigenvalue weighted by atomic mass is 10.1. The third-order valence-electron chi connectivity index (χ3n) is 2.18. The fraction of sp³-hybridized carbons (Fsp3) is 0.500. The van der Waals surface area contributed by atoms with Gasteiger partial charge in [0.25, 0.3) is 0 Å². The largest absolute Gasteiger partial charge is 0.491 e. The first-order chi connectivity index (χ1) is 8.79. The Hall–Kier alpha value is -1.34. The Labute approximate surface area is 107 Å². The molecule has 7 heteroatoms. The fourth-order valence-electron chi connectivity index (χ4n) is 1.34. The van der Waals surface area contributed by atoms with Crippen LogP contribution < -0.4 is 4.74 Å². The maximum Gasteiger partial charge on any atom is 0.411 e. The third-order valence-corrected chi connectivity index (χ3v) is 2.18. The average molecular weight is 282 g/mol. The van der Waals surface area contributed by atoms with Crippen molar-refractivity contribution in [2.24, 2.45) is 0 Å². The Bertz CT molecular complexity index is 404. The highest BCUT2D eigenvalue weighted by Crippen LogP contribution is 2.21. The molecule has 0 fully saturated rings. The minimum Gasteiger partial charge on any atom is -0.491 e. The first-order valence-corrected chi connectivity index (χ1v) is 5.54. The van der Waals surface area contributed by atoms with Gasteiger partial charge in [-0.1, -0.05) is 0 Å². The normalized spacial score (nSPS) is 13.4. The summed E-state index contributed by atoms with van der Waals surface area (Å²) in [5.74, 6) is -0.471. The standard InChI is InChI=1S/C12H14F4O3/c1-8(17)10-3-2-9(6-11(10)13)19-5-4-18-7-12(14,15)16/h2-3,6,8,17H,4-5,7H2,1H3/t8-/m0/s1. The molecule has 0 heterocycles. The molecule has 1 N–H and O–H groups in total. The van der Waals surface area contributed by atoms with Crippen molar-refractivity contribution in [3.63, 3.8) is 0 Å². The van der Waals surface area contributed by atoms with Crippen LogP contribution in [-0.4, -0.2) is 31.1 Å². The van der Waals surface area contributed by atoms with Crippen molar-refractivity contribution in [3.8, 4) is 5.75 Å². The van der Waals surface area contributed by atoms with E-state index >= 15 is 0 Å². The first-order valence-electron chi connectivity index (χ1n) is 5.54. The zero-order valence-electron chi connectivity index (χ0n) is 10.2. The van der Waals surface area contributed by atoms with Crippen LogP contribution >= 0.6 is 0 Å². The van der Waals surface area contributed by atoms with Gasteiger partial charge >= 0.3 is 6.18 Å². The Balaban J connectivity index is 2.36. The van der Waals surface area contributed by atoms with Crippen LogP contribution in [0.4, 0.5) is 17.6 Å². The number of halogens is 4. The van der Waals surface area contributed by atoms with Crippen molar-refractivity contribution in [1.29, 1.82) is 0 Å².